The van der Waals surface area contributed by atoms with Gasteiger partial charge in [-0.25, -0.2) is 0 Å². The summed E-state index contributed by atoms with van der Waals surface area (Å²) in [4.78, 5) is 12.5. The molecule has 3 aromatic carbocycles. The number of ether oxygens (including phenoxy) is 2. The molecule has 0 saturated heterocycles. The van der Waals surface area contributed by atoms with E-state index >= 15 is 0 Å². The summed E-state index contributed by atoms with van der Waals surface area (Å²) in [7, 11) is 3.05. The minimum atomic E-state index is -0.371. The van der Waals surface area contributed by atoms with Crippen molar-refractivity contribution >= 4 is 50.9 Å². The highest BCUT2D eigenvalue weighted by Gasteiger charge is 2.12. The molecule has 0 bridgehead atoms. The summed E-state index contributed by atoms with van der Waals surface area (Å²) in [6, 6.07) is 18.5. The van der Waals surface area contributed by atoms with Crippen LogP contribution < -0.4 is 20.1 Å². The monoisotopic (exact) mass is 406 g/mol. The minimum Gasteiger partial charge on any atom is -0.497 e. The van der Waals surface area contributed by atoms with E-state index in [-0.39, 0.29) is 11.0 Å². The van der Waals surface area contributed by atoms with Crippen LogP contribution in [0.2, 0.25) is 0 Å². The van der Waals surface area contributed by atoms with Crippen LogP contribution in [0, 0.1) is 0 Å². The van der Waals surface area contributed by atoms with Crippen LogP contribution in [0.4, 0.5) is 5.69 Å². The van der Waals surface area contributed by atoms with Crippen LogP contribution in [0.5, 0.6) is 11.5 Å². The second-order valence-electron chi connectivity index (χ2n) is 6.32. The van der Waals surface area contributed by atoms with E-state index in [0.29, 0.717) is 22.7 Å². The molecule has 0 aliphatic heterocycles. The number of hydrogen-bond acceptors (Lipinski definition) is 5. The van der Waals surface area contributed by atoms with Crippen LogP contribution in [0.1, 0.15) is 10.4 Å². The van der Waals surface area contributed by atoms with Gasteiger partial charge in [-0.2, -0.15) is 0 Å². The molecular formula is C22H18N2O4S. The predicted octanol–water partition coefficient (Wildman–Crippen LogP) is 4.73. The molecule has 6 nitrogen and oxygen atoms in total. The third-order valence-electron chi connectivity index (χ3n) is 4.48. The van der Waals surface area contributed by atoms with Gasteiger partial charge < -0.3 is 19.2 Å². The molecule has 0 atom stereocenters. The molecule has 0 radical (unpaired) electrons. The summed E-state index contributed by atoms with van der Waals surface area (Å²) in [5, 5.41) is 7.92. The van der Waals surface area contributed by atoms with Crippen LogP contribution in [0.25, 0.3) is 21.9 Å². The van der Waals surface area contributed by atoms with Gasteiger partial charge in [-0.3, -0.25) is 10.1 Å². The molecule has 0 aliphatic rings. The van der Waals surface area contributed by atoms with Gasteiger partial charge in [-0.05, 0) is 42.5 Å². The van der Waals surface area contributed by atoms with Crippen molar-refractivity contribution in [2.75, 3.05) is 19.5 Å². The number of anilines is 1. The Kier molecular flexibility index (Phi) is 5.05. The molecule has 0 unspecified atom stereocenters. The normalized spacial score (nSPS) is 10.7. The standard InChI is InChI=1S/C22H18N2O4S/c1-26-15-9-13(10-16(12-15)27-2)21(25)24-22(29)23-14-7-8-18-17-5-3-4-6-19(17)28-20(18)11-14/h3-12H,1-2H3,(H2,23,24,25,29). The van der Waals surface area contributed by atoms with E-state index in [1.807, 2.05) is 42.5 Å². The second kappa shape index (κ2) is 7.81. The van der Waals surface area contributed by atoms with Crippen molar-refractivity contribution in [3.8, 4) is 11.5 Å². The lowest BCUT2D eigenvalue weighted by molar-refractivity contribution is 0.0977. The number of methoxy groups -OCH3 is 2. The summed E-state index contributed by atoms with van der Waals surface area (Å²) in [6.45, 7) is 0. The summed E-state index contributed by atoms with van der Waals surface area (Å²) in [5.74, 6) is 0.664. The maximum absolute atomic E-state index is 12.5. The average molecular weight is 406 g/mol. The van der Waals surface area contributed by atoms with Crippen molar-refractivity contribution < 1.29 is 18.7 Å². The zero-order chi connectivity index (χ0) is 20.4. The van der Waals surface area contributed by atoms with Crippen molar-refractivity contribution in [3.05, 3.63) is 66.2 Å². The first-order valence-corrected chi connectivity index (χ1v) is 9.25. The Morgan fingerprint density at radius 2 is 1.59 bits per heavy atom. The van der Waals surface area contributed by atoms with Gasteiger partial charge in [0, 0.05) is 34.2 Å². The fourth-order valence-electron chi connectivity index (χ4n) is 3.08. The largest absolute Gasteiger partial charge is 0.497 e. The maximum atomic E-state index is 12.5. The van der Waals surface area contributed by atoms with E-state index in [4.69, 9.17) is 26.1 Å². The van der Waals surface area contributed by atoms with E-state index in [1.165, 1.54) is 14.2 Å². The van der Waals surface area contributed by atoms with Gasteiger partial charge in [-0.1, -0.05) is 18.2 Å². The fourth-order valence-corrected chi connectivity index (χ4v) is 3.29. The second-order valence-corrected chi connectivity index (χ2v) is 6.73. The van der Waals surface area contributed by atoms with Gasteiger partial charge in [0.15, 0.2) is 5.11 Å². The molecular weight excluding hydrogens is 388 g/mol. The number of hydrogen-bond donors (Lipinski definition) is 2. The highest BCUT2D eigenvalue weighted by Crippen LogP contribution is 2.30. The molecule has 2 N–H and O–H groups in total. The zero-order valence-corrected chi connectivity index (χ0v) is 16.6. The minimum absolute atomic E-state index is 0.173. The number of carbonyl (C=O) groups is 1. The van der Waals surface area contributed by atoms with Crippen LogP contribution >= 0.6 is 12.2 Å². The first kappa shape index (κ1) is 18.8. The van der Waals surface area contributed by atoms with Crippen LogP contribution in [-0.4, -0.2) is 25.2 Å². The molecule has 146 valence electrons. The van der Waals surface area contributed by atoms with Gasteiger partial charge in [0.05, 0.1) is 14.2 Å². The van der Waals surface area contributed by atoms with Crippen LogP contribution in [0.15, 0.2) is 65.1 Å². The van der Waals surface area contributed by atoms with Crippen molar-refractivity contribution in [2.24, 2.45) is 0 Å². The molecule has 0 spiro atoms. The van der Waals surface area contributed by atoms with E-state index in [0.717, 1.165) is 21.9 Å². The van der Waals surface area contributed by atoms with Crippen molar-refractivity contribution in [3.63, 3.8) is 0 Å². The van der Waals surface area contributed by atoms with Gasteiger partial charge >= 0.3 is 0 Å². The van der Waals surface area contributed by atoms with Gasteiger partial charge in [-0.15, -0.1) is 0 Å². The number of amides is 1. The topological polar surface area (TPSA) is 72.7 Å². The molecule has 7 heteroatoms. The SMILES string of the molecule is COc1cc(OC)cc(C(=O)NC(=S)Nc2ccc3c(c2)oc2ccccc23)c1. The number of fused-ring (bicyclic) bond motifs is 3. The van der Waals surface area contributed by atoms with E-state index in [9.17, 15) is 4.79 Å². The number of furan rings is 1. The highest BCUT2D eigenvalue weighted by atomic mass is 32.1. The lowest BCUT2D eigenvalue weighted by Gasteiger charge is -2.11. The number of carbonyl (C=O) groups excluding carboxylic acids is 1. The molecule has 1 aromatic heterocycles. The zero-order valence-electron chi connectivity index (χ0n) is 15.8. The molecule has 4 rings (SSSR count). The van der Waals surface area contributed by atoms with E-state index < -0.39 is 0 Å². The van der Waals surface area contributed by atoms with Crippen LogP contribution in [-0.2, 0) is 0 Å². The number of para-hydroxylation sites is 1. The van der Waals surface area contributed by atoms with Gasteiger partial charge in [0.25, 0.3) is 5.91 Å². The lowest BCUT2D eigenvalue weighted by Crippen LogP contribution is -2.34. The molecule has 0 saturated carbocycles. The number of nitrogens with one attached hydrogen (secondary N) is 2. The van der Waals surface area contributed by atoms with Crippen molar-refractivity contribution in [2.45, 2.75) is 0 Å². The van der Waals surface area contributed by atoms with E-state index in [1.54, 1.807) is 18.2 Å². The van der Waals surface area contributed by atoms with Crippen molar-refractivity contribution in [1.29, 1.82) is 0 Å². The summed E-state index contributed by atoms with van der Waals surface area (Å²) in [6.07, 6.45) is 0. The Morgan fingerprint density at radius 1 is 0.897 bits per heavy atom. The molecule has 4 aromatic rings. The lowest BCUT2D eigenvalue weighted by atomic mass is 10.1. The highest BCUT2D eigenvalue weighted by molar-refractivity contribution is 7.80. The number of benzene rings is 3. The van der Waals surface area contributed by atoms with Crippen LogP contribution in [0.3, 0.4) is 0 Å². The molecule has 1 heterocycles. The fraction of sp³-hybridized carbons (Fsp3) is 0.0909. The molecule has 29 heavy (non-hydrogen) atoms. The summed E-state index contributed by atoms with van der Waals surface area (Å²) >= 11 is 5.29. The summed E-state index contributed by atoms with van der Waals surface area (Å²) < 4.78 is 16.3. The quantitative estimate of drug-likeness (QED) is 0.478. The van der Waals surface area contributed by atoms with Crippen molar-refractivity contribution in [1.82, 2.24) is 5.32 Å². The first-order chi connectivity index (χ1) is 14.1. The summed E-state index contributed by atoms with van der Waals surface area (Å²) in [5.41, 5.74) is 2.65. The van der Waals surface area contributed by atoms with Gasteiger partial charge in [0.1, 0.15) is 22.7 Å². The maximum Gasteiger partial charge on any atom is 0.257 e. The Balaban J connectivity index is 1.51. The first-order valence-electron chi connectivity index (χ1n) is 8.84. The molecule has 0 fully saturated rings. The Bertz CT molecular complexity index is 1210. The predicted molar refractivity (Wildman–Crippen MR) is 117 cm³/mol. The van der Waals surface area contributed by atoms with Gasteiger partial charge in [0.2, 0.25) is 0 Å². The van der Waals surface area contributed by atoms with E-state index in [2.05, 4.69) is 10.6 Å². The Labute approximate surface area is 172 Å². The molecule has 1 amide bonds. The number of rotatable bonds is 4. The Morgan fingerprint density at radius 3 is 2.31 bits per heavy atom. The molecule has 0 aliphatic carbocycles. The Hall–Kier alpha value is -3.58. The third-order valence-corrected chi connectivity index (χ3v) is 4.68. The third kappa shape index (κ3) is 3.86. The smallest absolute Gasteiger partial charge is 0.257 e. The number of thiocarbonyl (C=S) groups is 1. The average Bonchev–Trinajstić information content (AvgIpc) is 3.10.